The highest BCUT2D eigenvalue weighted by Gasteiger charge is 2.29. The van der Waals surface area contributed by atoms with Crippen LogP contribution in [0.25, 0.3) is 0 Å². The second kappa shape index (κ2) is 11.2. The Bertz CT molecular complexity index is 728. The minimum Gasteiger partial charge on any atom is -0.376 e. The zero-order valence-electron chi connectivity index (χ0n) is 21.0. The Morgan fingerprint density at radius 2 is 1.56 bits per heavy atom. The number of thioether (sulfide) groups is 2. The van der Waals surface area contributed by atoms with Crippen LogP contribution in [0.1, 0.15) is 91.2 Å². The quantitative estimate of drug-likeness (QED) is 0.473. The second-order valence-electron chi connectivity index (χ2n) is 11.5. The van der Waals surface area contributed by atoms with Crippen LogP contribution in [-0.4, -0.2) is 41.4 Å². The normalized spacial score (nSPS) is 24.5. The lowest BCUT2D eigenvalue weighted by Gasteiger charge is -2.32. The summed E-state index contributed by atoms with van der Waals surface area (Å²) in [5, 5.41) is 4.20. The molecule has 1 N–H and O–H groups in total. The van der Waals surface area contributed by atoms with Crippen LogP contribution < -0.4 is 5.32 Å². The molecule has 0 aromatic heterocycles. The van der Waals surface area contributed by atoms with Gasteiger partial charge in [0.25, 0.3) is 0 Å². The fourth-order valence-corrected chi connectivity index (χ4v) is 7.23. The van der Waals surface area contributed by atoms with Crippen LogP contribution in [0.3, 0.4) is 0 Å². The molecule has 1 saturated heterocycles. The van der Waals surface area contributed by atoms with Crippen molar-refractivity contribution < 1.29 is 9.53 Å². The van der Waals surface area contributed by atoms with Gasteiger partial charge in [-0.15, -0.1) is 23.5 Å². The molecule has 0 bridgehead atoms. The summed E-state index contributed by atoms with van der Waals surface area (Å²) in [5.41, 5.74) is 3.11. The van der Waals surface area contributed by atoms with E-state index in [1.807, 2.05) is 23.5 Å². The molecule has 3 atom stereocenters. The van der Waals surface area contributed by atoms with E-state index in [9.17, 15) is 4.79 Å². The molecule has 5 heteroatoms. The third-order valence-corrected chi connectivity index (χ3v) is 9.52. The first-order valence-corrected chi connectivity index (χ1v) is 14.3. The van der Waals surface area contributed by atoms with Gasteiger partial charge in [-0.1, -0.05) is 60.5 Å². The van der Waals surface area contributed by atoms with Gasteiger partial charge in [0.2, 0.25) is 5.91 Å². The smallest absolute Gasteiger partial charge is 0.230 e. The van der Waals surface area contributed by atoms with Crippen LogP contribution in [0.15, 0.2) is 23.1 Å². The number of hydrogen-bond acceptors (Lipinski definition) is 4. The van der Waals surface area contributed by atoms with E-state index < -0.39 is 0 Å². The SMILES string of the molecule is CC(C)(C)c1cc(S[C@@H]2CCCC[C@H]2SCC(=O)NCC2CCCO2)cc(C(C)(C)C)c1. The summed E-state index contributed by atoms with van der Waals surface area (Å²) in [7, 11) is 0. The van der Waals surface area contributed by atoms with Crippen molar-refractivity contribution in [2.45, 2.75) is 112 Å². The number of amides is 1. The lowest BCUT2D eigenvalue weighted by molar-refractivity contribution is -0.119. The molecule has 2 fully saturated rings. The van der Waals surface area contributed by atoms with Crippen molar-refractivity contribution in [2.24, 2.45) is 0 Å². The van der Waals surface area contributed by atoms with E-state index in [1.165, 1.54) is 41.7 Å². The third kappa shape index (κ3) is 7.70. The van der Waals surface area contributed by atoms with E-state index in [4.69, 9.17) is 4.74 Å². The van der Waals surface area contributed by atoms with E-state index in [0.717, 1.165) is 19.4 Å². The van der Waals surface area contributed by atoms with Crippen molar-refractivity contribution in [2.75, 3.05) is 18.9 Å². The van der Waals surface area contributed by atoms with Gasteiger partial charge in [0, 0.05) is 28.5 Å². The van der Waals surface area contributed by atoms with Gasteiger partial charge in [-0.3, -0.25) is 4.79 Å². The Kier molecular flexibility index (Phi) is 9.07. The first kappa shape index (κ1) is 26.0. The molecule has 3 rings (SSSR count). The minimum absolute atomic E-state index is 0.137. The van der Waals surface area contributed by atoms with Gasteiger partial charge >= 0.3 is 0 Å². The summed E-state index contributed by atoms with van der Waals surface area (Å²) >= 11 is 3.91. The van der Waals surface area contributed by atoms with Crippen LogP contribution in [-0.2, 0) is 20.4 Å². The number of benzene rings is 1. The number of nitrogens with one attached hydrogen (secondary N) is 1. The van der Waals surface area contributed by atoms with Gasteiger partial charge in [-0.2, -0.15) is 0 Å². The summed E-state index contributed by atoms with van der Waals surface area (Å²) in [6, 6.07) is 7.21. The summed E-state index contributed by atoms with van der Waals surface area (Å²) in [6.07, 6.45) is 7.43. The van der Waals surface area contributed by atoms with E-state index >= 15 is 0 Å². The fraction of sp³-hybridized carbons (Fsp3) is 0.741. The average molecular weight is 478 g/mol. The summed E-state index contributed by atoms with van der Waals surface area (Å²) < 4.78 is 5.62. The fourth-order valence-electron chi connectivity index (χ4n) is 4.36. The molecule has 32 heavy (non-hydrogen) atoms. The number of hydrogen-bond donors (Lipinski definition) is 1. The molecule has 1 aliphatic carbocycles. The minimum atomic E-state index is 0.137. The number of ether oxygens (including phenoxy) is 1. The maximum absolute atomic E-state index is 12.4. The summed E-state index contributed by atoms with van der Waals surface area (Å²) in [5.74, 6) is 0.716. The Morgan fingerprint density at radius 1 is 0.938 bits per heavy atom. The number of carbonyl (C=O) groups excluding carboxylic acids is 1. The van der Waals surface area contributed by atoms with Crippen LogP contribution in [0.2, 0.25) is 0 Å². The predicted octanol–water partition coefficient (Wildman–Crippen LogP) is 6.71. The molecule has 1 heterocycles. The predicted molar refractivity (Wildman–Crippen MR) is 140 cm³/mol. The monoisotopic (exact) mass is 477 g/mol. The highest BCUT2D eigenvalue weighted by Crippen LogP contribution is 2.42. The van der Waals surface area contributed by atoms with E-state index in [1.54, 1.807) is 0 Å². The second-order valence-corrected chi connectivity index (χ2v) is 14.0. The Labute approximate surface area is 204 Å². The Morgan fingerprint density at radius 3 is 2.12 bits per heavy atom. The van der Waals surface area contributed by atoms with Crippen molar-refractivity contribution in [3.05, 3.63) is 29.3 Å². The van der Waals surface area contributed by atoms with Crippen LogP contribution in [0.5, 0.6) is 0 Å². The Balaban J connectivity index is 1.63. The van der Waals surface area contributed by atoms with Crippen molar-refractivity contribution >= 4 is 29.4 Å². The lowest BCUT2D eigenvalue weighted by atomic mass is 9.81. The van der Waals surface area contributed by atoms with Crippen molar-refractivity contribution in [1.29, 1.82) is 0 Å². The molecule has 0 spiro atoms. The summed E-state index contributed by atoms with van der Waals surface area (Å²) in [6.45, 7) is 15.3. The van der Waals surface area contributed by atoms with Gasteiger partial charge in [-0.25, -0.2) is 0 Å². The first-order valence-electron chi connectivity index (χ1n) is 12.3. The van der Waals surface area contributed by atoms with E-state index in [0.29, 0.717) is 22.8 Å². The molecule has 3 nitrogen and oxygen atoms in total. The number of rotatable bonds is 7. The van der Waals surface area contributed by atoms with Gasteiger partial charge < -0.3 is 10.1 Å². The maximum Gasteiger partial charge on any atom is 0.230 e. The molecule has 1 unspecified atom stereocenters. The van der Waals surface area contributed by atoms with Crippen molar-refractivity contribution in [1.82, 2.24) is 5.32 Å². The summed E-state index contributed by atoms with van der Waals surface area (Å²) in [4.78, 5) is 13.8. The maximum atomic E-state index is 12.4. The lowest BCUT2D eigenvalue weighted by Crippen LogP contribution is -2.34. The van der Waals surface area contributed by atoms with Gasteiger partial charge in [0.15, 0.2) is 0 Å². The van der Waals surface area contributed by atoms with Gasteiger partial charge in [0.1, 0.15) is 0 Å². The Hall–Kier alpha value is -0.650. The van der Waals surface area contributed by atoms with E-state index in [2.05, 4.69) is 65.1 Å². The molecule has 1 aromatic carbocycles. The third-order valence-electron chi connectivity index (χ3n) is 6.55. The van der Waals surface area contributed by atoms with Crippen molar-refractivity contribution in [3.63, 3.8) is 0 Å². The standard InChI is InChI=1S/C27H43NO2S2/c1-26(2,3)19-14-20(27(4,5)6)16-22(15-19)32-24-12-8-7-11-23(24)31-18-25(29)28-17-21-10-9-13-30-21/h14-16,21,23-24H,7-13,17-18H2,1-6H3,(H,28,29)/t21?,23-,24-/m1/s1. The van der Waals surface area contributed by atoms with Gasteiger partial charge in [0.05, 0.1) is 11.9 Å². The first-order chi connectivity index (χ1) is 15.0. The molecule has 1 amide bonds. The molecule has 0 radical (unpaired) electrons. The van der Waals surface area contributed by atoms with Crippen LogP contribution >= 0.6 is 23.5 Å². The molecular formula is C27H43NO2S2. The molecule has 1 saturated carbocycles. The molecule has 180 valence electrons. The van der Waals surface area contributed by atoms with Crippen LogP contribution in [0, 0.1) is 0 Å². The molecule has 2 aliphatic rings. The highest BCUT2D eigenvalue weighted by molar-refractivity contribution is 8.04. The molecular weight excluding hydrogens is 434 g/mol. The molecule has 1 aliphatic heterocycles. The van der Waals surface area contributed by atoms with Gasteiger partial charge in [-0.05, 0) is 59.8 Å². The number of carbonyl (C=O) groups is 1. The topological polar surface area (TPSA) is 38.3 Å². The highest BCUT2D eigenvalue weighted by atomic mass is 32.2. The van der Waals surface area contributed by atoms with Crippen molar-refractivity contribution in [3.8, 4) is 0 Å². The zero-order valence-corrected chi connectivity index (χ0v) is 22.6. The molecule has 1 aromatic rings. The van der Waals surface area contributed by atoms with E-state index in [-0.39, 0.29) is 22.8 Å². The zero-order chi connectivity index (χ0) is 23.4. The average Bonchev–Trinajstić information content (AvgIpc) is 3.24. The van der Waals surface area contributed by atoms with Crippen LogP contribution in [0.4, 0.5) is 0 Å². The largest absolute Gasteiger partial charge is 0.376 e.